The average Bonchev–Trinajstić information content (AvgIpc) is 2.58. The van der Waals surface area contributed by atoms with Crippen molar-refractivity contribution in [1.82, 2.24) is 9.88 Å². The molecular weight excluding hydrogens is 318 g/mol. The first-order chi connectivity index (χ1) is 11.7. The van der Waals surface area contributed by atoms with Gasteiger partial charge >= 0.3 is 0 Å². The lowest BCUT2D eigenvalue weighted by Crippen LogP contribution is -2.28. The number of hydrogen-bond acceptors (Lipinski definition) is 3. The Labute approximate surface area is 151 Å². The highest BCUT2D eigenvalue weighted by atomic mass is 35.5. The molecule has 0 atom stereocenters. The second-order valence-electron chi connectivity index (χ2n) is 6.35. The van der Waals surface area contributed by atoms with Gasteiger partial charge in [-0.3, -0.25) is 4.98 Å². The monoisotopic (exact) mass is 347 g/mol. The average molecular weight is 348 g/mol. The van der Waals surface area contributed by atoms with E-state index in [1.807, 2.05) is 30.5 Å². The summed E-state index contributed by atoms with van der Waals surface area (Å²) in [6.45, 7) is 9.12. The topological polar surface area (TPSA) is 28.2 Å². The van der Waals surface area contributed by atoms with Gasteiger partial charge in [0, 0.05) is 28.8 Å². The van der Waals surface area contributed by atoms with E-state index in [0.717, 1.165) is 34.6 Å². The van der Waals surface area contributed by atoms with Crippen LogP contribution in [0.25, 0.3) is 10.9 Å². The Balaban J connectivity index is 1.83. The number of aromatic nitrogens is 1. The van der Waals surface area contributed by atoms with Crippen molar-refractivity contribution in [3.8, 4) is 0 Å². The van der Waals surface area contributed by atoms with Crippen LogP contribution >= 0.6 is 11.6 Å². The molecule has 4 heteroatoms. The van der Waals surface area contributed by atoms with Crippen molar-refractivity contribution in [2.24, 2.45) is 0 Å². The second-order valence-corrected chi connectivity index (χ2v) is 6.79. The van der Waals surface area contributed by atoms with Gasteiger partial charge in [-0.25, -0.2) is 0 Å². The van der Waals surface area contributed by atoms with E-state index < -0.39 is 0 Å². The molecule has 3 nitrogen and oxygen atoms in total. The molecule has 1 heterocycles. The first-order valence-corrected chi connectivity index (χ1v) is 9.63. The van der Waals surface area contributed by atoms with Crippen LogP contribution in [-0.4, -0.2) is 36.1 Å². The van der Waals surface area contributed by atoms with Crippen LogP contribution in [0.3, 0.4) is 0 Å². The van der Waals surface area contributed by atoms with Crippen LogP contribution in [0, 0.1) is 0 Å². The predicted octanol–water partition coefficient (Wildman–Crippen LogP) is 5.59. The standard InChI is InChI=1S/C20H30ClN3/c1-3-5-6-14-24(13-4-2)15-7-11-22-19-10-12-23-20-16-17(21)8-9-18(19)20/h8-10,12,16H,3-7,11,13-15H2,1-2H3,(H,22,23). The molecule has 0 fully saturated rings. The summed E-state index contributed by atoms with van der Waals surface area (Å²) in [5.74, 6) is 0. The normalized spacial score (nSPS) is 11.3. The van der Waals surface area contributed by atoms with E-state index in [4.69, 9.17) is 11.6 Å². The molecule has 2 aromatic rings. The molecule has 2 rings (SSSR count). The van der Waals surface area contributed by atoms with Gasteiger partial charge in [-0.2, -0.15) is 0 Å². The lowest BCUT2D eigenvalue weighted by Gasteiger charge is -2.21. The molecule has 0 unspecified atom stereocenters. The van der Waals surface area contributed by atoms with E-state index in [-0.39, 0.29) is 0 Å². The van der Waals surface area contributed by atoms with Crippen molar-refractivity contribution in [2.45, 2.75) is 46.0 Å². The number of hydrogen-bond donors (Lipinski definition) is 1. The number of pyridine rings is 1. The van der Waals surface area contributed by atoms with E-state index in [1.165, 1.54) is 45.3 Å². The molecule has 0 amide bonds. The largest absolute Gasteiger partial charge is 0.384 e. The Bertz CT molecular complexity index is 615. The molecule has 0 aliphatic carbocycles. The molecule has 0 saturated carbocycles. The Morgan fingerprint density at radius 1 is 1.00 bits per heavy atom. The Morgan fingerprint density at radius 2 is 1.83 bits per heavy atom. The summed E-state index contributed by atoms with van der Waals surface area (Å²) in [5.41, 5.74) is 2.09. The van der Waals surface area contributed by atoms with Gasteiger partial charge in [0.1, 0.15) is 0 Å². The van der Waals surface area contributed by atoms with E-state index in [9.17, 15) is 0 Å². The van der Waals surface area contributed by atoms with Crippen LogP contribution in [0.1, 0.15) is 46.0 Å². The second kappa shape index (κ2) is 10.5. The highest BCUT2D eigenvalue weighted by molar-refractivity contribution is 6.31. The Hall–Kier alpha value is -1.32. The molecule has 1 aromatic heterocycles. The van der Waals surface area contributed by atoms with Crippen LogP contribution < -0.4 is 5.32 Å². The maximum atomic E-state index is 6.05. The molecule has 0 aliphatic rings. The predicted molar refractivity (Wildman–Crippen MR) is 106 cm³/mol. The highest BCUT2D eigenvalue weighted by Crippen LogP contribution is 2.24. The van der Waals surface area contributed by atoms with Crippen molar-refractivity contribution in [3.05, 3.63) is 35.5 Å². The van der Waals surface area contributed by atoms with Crippen LogP contribution in [0.4, 0.5) is 5.69 Å². The third kappa shape index (κ3) is 5.95. The number of nitrogens with one attached hydrogen (secondary N) is 1. The van der Waals surface area contributed by atoms with E-state index in [0.29, 0.717) is 0 Å². The zero-order valence-corrected chi connectivity index (χ0v) is 15.8. The van der Waals surface area contributed by atoms with Gasteiger partial charge in [-0.1, -0.05) is 38.3 Å². The fraction of sp³-hybridized carbons (Fsp3) is 0.550. The van der Waals surface area contributed by atoms with Gasteiger partial charge in [0.05, 0.1) is 5.52 Å². The third-order valence-corrected chi connectivity index (χ3v) is 4.52. The number of fused-ring (bicyclic) bond motifs is 1. The highest BCUT2D eigenvalue weighted by Gasteiger charge is 2.05. The lowest BCUT2D eigenvalue weighted by atomic mass is 10.2. The minimum atomic E-state index is 0.731. The summed E-state index contributed by atoms with van der Waals surface area (Å²) in [5, 5.41) is 5.43. The first-order valence-electron chi connectivity index (χ1n) is 9.25. The smallest absolute Gasteiger partial charge is 0.0737 e. The van der Waals surface area contributed by atoms with Crippen molar-refractivity contribution >= 4 is 28.2 Å². The summed E-state index contributed by atoms with van der Waals surface area (Å²) in [7, 11) is 0. The number of anilines is 1. The molecule has 1 aromatic carbocycles. The number of nitrogens with zero attached hydrogens (tertiary/aromatic N) is 2. The van der Waals surface area contributed by atoms with Crippen molar-refractivity contribution in [3.63, 3.8) is 0 Å². The van der Waals surface area contributed by atoms with Crippen LogP contribution in [-0.2, 0) is 0 Å². The number of halogens is 1. The van der Waals surface area contributed by atoms with Crippen LogP contribution in [0.5, 0.6) is 0 Å². The SMILES string of the molecule is CCCCCN(CCC)CCCNc1ccnc2cc(Cl)ccc12. The zero-order valence-electron chi connectivity index (χ0n) is 15.0. The Morgan fingerprint density at radius 3 is 2.62 bits per heavy atom. The molecular formula is C20H30ClN3. The molecule has 0 bridgehead atoms. The van der Waals surface area contributed by atoms with Gasteiger partial charge in [0.15, 0.2) is 0 Å². The first kappa shape index (κ1) is 19.0. The maximum Gasteiger partial charge on any atom is 0.0737 e. The quantitative estimate of drug-likeness (QED) is 0.537. The fourth-order valence-corrected chi connectivity index (χ4v) is 3.20. The molecule has 1 N–H and O–H groups in total. The van der Waals surface area contributed by atoms with Crippen LogP contribution in [0.15, 0.2) is 30.5 Å². The molecule has 132 valence electrons. The van der Waals surface area contributed by atoms with E-state index in [1.54, 1.807) is 0 Å². The molecule has 0 aliphatic heterocycles. The summed E-state index contributed by atoms with van der Waals surface area (Å²) < 4.78 is 0. The summed E-state index contributed by atoms with van der Waals surface area (Å²) >= 11 is 6.05. The number of rotatable bonds is 11. The number of unbranched alkanes of at least 4 members (excludes halogenated alkanes) is 2. The summed E-state index contributed by atoms with van der Waals surface area (Å²) in [4.78, 5) is 6.99. The summed E-state index contributed by atoms with van der Waals surface area (Å²) in [6.07, 6.45) is 8.18. The minimum Gasteiger partial charge on any atom is -0.384 e. The molecule has 0 saturated heterocycles. The number of benzene rings is 1. The Kier molecular flexibility index (Phi) is 8.34. The molecule has 0 spiro atoms. The van der Waals surface area contributed by atoms with Crippen molar-refractivity contribution < 1.29 is 0 Å². The molecule has 24 heavy (non-hydrogen) atoms. The zero-order chi connectivity index (χ0) is 17.2. The van der Waals surface area contributed by atoms with Crippen molar-refractivity contribution in [1.29, 1.82) is 0 Å². The lowest BCUT2D eigenvalue weighted by molar-refractivity contribution is 0.267. The minimum absolute atomic E-state index is 0.731. The van der Waals surface area contributed by atoms with Crippen LogP contribution in [0.2, 0.25) is 5.02 Å². The van der Waals surface area contributed by atoms with E-state index in [2.05, 4.69) is 29.0 Å². The molecule has 0 radical (unpaired) electrons. The summed E-state index contributed by atoms with van der Waals surface area (Å²) in [6, 6.07) is 7.93. The maximum absolute atomic E-state index is 6.05. The van der Waals surface area contributed by atoms with Crippen molar-refractivity contribution in [2.75, 3.05) is 31.5 Å². The fourth-order valence-electron chi connectivity index (χ4n) is 3.04. The van der Waals surface area contributed by atoms with Gasteiger partial charge in [-0.15, -0.1) is 0 Å². The van der Waals surface area contributed by atoms with Gasteiger partial charge in [0.2, 0.25) is 0 Å². The van der Waals surface area contributed by atoms with Gasteiger partial charge in [-0.05, 0) is 63.2 Å². The third-order valence-electron chi connectivity index (χ3n) is 4.29. The van der Waals surface area contributed by atoms with E-state index >= 15 is 0 Å². The van der Waals surface area contributed by atoms with Gasteiger partial charge in [0.25, 0.3) is 0 Å². The van der Waals surface area contributed by atoms with Gasteiger partial charge < -0.3 is 10.2 Å².